The van der Waals surface area contributed by atoms with Crippen LogP contribution in [0.15, 0.2) is 24.3 Å². The highest BCUT2D eigenvalue weighted by atomic mass is 15.2. The molecule has 1 aliphatic rings. The fourth-order valence-corrected chi connectivity index (χ4v) is 1.94. The van der Waals surface area contributed by atoms with Crippen molar-refractivity contribution >= 4 is 11.4 Å². The lowest BCUT2D eigenvalue weighted by Crippen LogP contribution is -2.22. The highest BCUT2D eigenvalue weighted by molar-refractivity contribution is 5.53. The largest absolute Gasteiger partial charge is 0.399 e. The van der Waals surface area contributed by atoms with Crippen LogP contribution < -0.4 is 16.4 Å². The van der Waals surface area contributed by atoms with E-state index in [9.17, 15) is 0 Å². The van der Waals surface area contributed by atoms with Crippen LogP contribution >= 0.6 is 0 Å². The number of nitrogens with two attached hydrogens (primary N) is 2. The van der Waals surface area contributed by atoms with Crippen molar-refractivity contribution in [2.75, 3.05) is 30.3 Å². The first-order chi connectivity index (χ1) is 6.79. The van der Waals surface area contributed by atoms with E-state index in [1.54, 1.807) is 0 Å². The van der Waals surface area contributed by atoms with Crippen molar-refractivity contribution in [3.8, 4) is 0 Å². The molecule has 3 heteroatoms. The van der Waals surface area contributed by atoms with Crippen molar-refractivity contribution in [2.24, 2.45) is 11.7 Å². The molecule has 0 unspecified atom stereocenters. The van der Waals surface area contributed by atoms with E-state index in [2.05, 4.69) is 17.0 Å². The summed E-state index contributed by atoms with van der Waals surface area (Å²) in [4.78, 5) is 2.37. The van der Waals surface area contributed by atoms with Gasteiger partial charge in [-0.3, -0.25) is 0 Å². The molecule has 1 saturated heterocycles. The zero-order valence-corrected chi connectivity index (χ0v) is 8.32. The van der Waals surface area contributed by atoms with Gasteiger partial charge >= 0.3 is 0 Å². The molecular weight excluding hydrogens is 174 g/mol. The van der Waals surface area contributed by atoms with E-state index in [1.807, 2.05) is 12.1 Å². The Morgan fingerprint density at radius 3 is 2.57 bits per heavy atom. The SMILES string of the molecule is NC[C@H]1CCN(c2ccc(N)cc2)C1. The molecule has 1 atom stereocenters. The van der Waals surface area contributed by atoms with Crippen LogP contribution in [0.25, 0.3) is 0 Å². The third-order valence-electron chi connectivity index (χ3n) is 2.88. The topological polar surface area (TPSA) is 55.3 Å². The fourth-order valence-electron chi connectivity index (χ4n) is 1.94. The van der Waals surface area contributed by atoms with Gasteiger partial charge in [0.15, 0.2) is 0 Å². The summed E-state index contributed by atoms with van der Waals surface area (Å²) >= 11 is 0. The molecular formula is C11H17N3. The highest BCUT2D eigenvalue weighted by Gasteiger charge is 2.20. The predicted molar refractivity (Wildman–Crippen MR) is 60.2 cm³/mol. The molecule has 3 nitrogen and oxygen atoms in total. The average molecular weight is 191 g/mol. The monoisotopic (exact) mass is 191 g/mol. The Labute approximate surface area is 84.7 Å². The molecule has 1 aromatic carbocycles. The second-order valence-corrected chi connectivity index (χ2v) is 3.93. The molecule has 14 heavy (non-hydrogen) atoms. The molecule has 1 aliphatic heterocycles. The molecule has 0 amide bonds. The van der Waals surface area contributed by atoms with E-state index in [0.29, 0.717) is 5.92 Å². The standard InChI is InChI=1S/C11H17N3/c12-7-9-5-6-14(8-9)11-3-1-10(13)2-4-11/h1-4,9H,5-8,12-13H2/t9-/m1/s1. The molecule has 0 bridgehead atoms. The number of hydrogen-bond donors (Lipinski definition) is 2. The normalized spacial score (nSPS) is 21.5. The maximum absolute atomic E-state index is 5.65. The number of anilines is 2. The summed E-state index contributed by atoms with van der Waals surface area (Å²) in [6.45, 7) is 3.00. The lowest BCUT2D eigenvalue weighted by molar-refractivity contribution is 0.602. The first-order valence-electron chi connectivity index (χ1n) is 5.10. The molecule has 0 spiro atoms. The molecule has 1 aromatic rings. The molecule has 0 radical (unpaired) electrons. The van der Waals surface area contributed by atoms with Gasteiger partial charge in [0.25, 0.3) is 0 Å². The summed E-state index contributed by atoms with van der Waals surface area (Å²) in [5, 5.41) is 0. The van der Waals surface area contributed by atoms with Crippen LogP contribution in [0.1, 0.15) is 6.42 Å². The summed E-state index contributed by atoms with van der Waals surface area (Å²) in [5.41, 5.74) is 13.4. The van der Waals surface area contributed by atoms with Crippen LogP contribution in [0.3, 0.4) is 0 Å². The van der Waals surface area contributed by atoms with Crippen molar-refractivity contribution in [3.63, 3.8) is 0 Å². The molecule has 1 fully saturated rings. The van der Waals surface area contributed by atoms with Crippen molar-refractivity contribution in [2.45, 2.75) is 6.42 Å². The highest BCUT2D eigenvalue weighted by Crippen LogP contribution is 2.23. The molecule has 0 aliphatic carbocycles. The first kappa shape index (κ1) is 9.34. The van der Waals surface area contributed by atoms with E-state index >= 15 is 0 Å². The predicted octanol–water partition coefficient (Wildman–Crippen LogP) is 1.05. The molecule has 2 rings (SSSR count). The second-order valence-electron chi connectivity index (χ2n) is 3.93. The number of benzene rings is 1. The third kappa shape index (κ3) is 1.82. The summed E-state index contributed by atoms with van der Waals surface area (Å²) in [6.07, 6.45) is 1.21. The smallest absolute Gasteiger partial charge is 0.0367 e. The van der Waals surface area contributed by atoms with Crippen molar-refractivity contribution < 1.29 is 0 Å². The van der Waals surface area contributed by atoms with Gasteiger partial charge in [0.1, 0.15) is 0 Å². The summed E-state index contributed by atoms with van der Waals surface area (Å²) in [5.74, 6) is 0.660. The molecule has 4 N–H and O–H groups in total. The second kappa shape index (κ2) is 3.88. The van der Waals surface area contributed by atoms with Crippen molar-refractivity contribution in [1.82, 2.24) is 0 Å². The minimum Gasteiger partial charge on any atom is -0.399 e. The van der Waals surface area contributed by atoms with Gasteiger partial charge in [-0.05, 0) is 43.1 Å². The fraction of sp³-hybridized carbons (Fsp3) is 0.455. The van der Waals surface area contributed by atoms with Crippen molar-refractivity contribution in [1.29, 1.82) is 0 Å². The Balaban J connectivity index is 2.06. The Morgan fingerprint density at radius 1 is 1.29 bits per heavy atom. The van der Waals surface area contributed by atoms with Gasteiger partial charge in [-0.2, -0.15) is 0 Å². The summed E-state index contributed by atoms with van der Waals surface area (Å²) < 4.78 is 0. The number of nitrogens with zero attached hydrogens (tertiary/aromatic N) is 1. The van der Waals surface area contributed by atoms with Gasteiger partial charge in [-0.25, -0.2) is 0 Å². The third-order valence-corrected chi connectivity index (χ3v) is 2.88. The Kier molecular flexibility index (Phi) is 2.59. The van der Waals surface area contributed by atoms with Gasteiger partial charge in [-0.15, -0.1) is 0 Å². The molecule has 0 saturated carbocycles. The van der Waals surface area contributed by atoms with Crippen LogP contribution in [0, 0.1) is 5.92 Å². The minimum absolute atomic E-state index is 0.660. The summed E-state index contributed by atoms with van der Waals surface area (Å²) in [6, 6.07) is 8.05. The van der Waals surface area contributed by atoms with E-state index in [4.69, 9.17) is 11.5 Å². The van der Waals surface area contributed by atoms with Crippen LogP contribution in [0.4, 0.5) is 11.4 Å². The van der Waals surface area contributed by atoms with E-state index in [1.165, 1.54) is 12.1 Å². The number of nitrogen functional groups attached to an aromatic ring is 1. The van der Waals surface area contributed by atoms with E-state index < -0.39 is 0 Å². The minimum atomic E-state index is 0.660. The maximum atomic E-state index is 5.65. The van der Waals surface area contributed by atoms with Crippen LogP contribution in [-0.2, 0) is 0 Å². The number of rotatable bonds is 2. The first-order valence-corrected chi connectivity index (χ1v) is 5.10. The van der Waals surface area contributed by atoms with E-state index in [-0.39, 0.29) is 0 Å². The van der Waals surface area contributed by atoms with E-state index in [0.717, 1.165) is 25.3 Å². The average Bonchev–Trinajstić information content (AvgIpc) is 2.67. The lowest BCUT2D eigenvalue weighted by Gasteiger charge is -2.18. The molecule has 1 heterocycles. The van der Waals surface area contributed by atoms with Gasteiger partial charge in [0.05, 0.1) is 0 Å². The van der Waals surface area contributed by atoms with Crippen LogP contribution in [0.2, 0.25) is 0 Å². The molecule has 0 aromatic heterocycles. The quantitative estimate of drug-likeness (QED) is 0.687. The number of hydrogen-bond acceptors (Lipinski definition) is 3. The van der Waals surface area contributed by atoms with Crippen LogP contribution in [-0.4, -0.2) is 19.6 Å². The maximum Gasteiger partial charge on any atom is 0.0367 e. The zero-order valence-electron chi connectivity index (χ0n) is 8.32. The Morgan fingerprint density at radius 2 is 2.00 bits per heavy atom. The van der Waals surface area contributed by atoms with Crippen molar-refractivity contribution in [3.05, 3.63) is 24.3 Å². The Hall–Kier alpha value is -1.22. The zero-order chi connectivity index (χ0) is 9.97. The molecule has 76 valence electrons. The van der Waals surface area contributed by atoms with Gasteiger partial charge in [0, 0.05) is 24.5 Å². The van der Waals surface area contributed by atoms with Gasteiger partial charge in [0.2, 0.25) is 0 Å². The summed E-state index contributed by atoms with van der Waals surface area (Å²) in [7, 11) is 0. The van der Waals surface area contributed by atoms with Crippen LogP contribution in [0.5, 0.6) is 0 Å². The van der Waals surface area contributed by atoms with Gasteiger partial charge in [-0.1, -0.05) is 0 Å². The Bertz CT molecular complexity index is 294. The lowest BCUT2D eigenvalue weighted by atomic mass is 10.1. The van der Waals surface area contributed by atoms with Gasteiger partial charge < -0.3 is 16.4 Å².